The Kier molecular flexibility index (Phi) is 2.49. The second kappa shape index (κ2) is 4.14. The average molecular weight is 334 g/mol. The van der Waals surface area contributed by atoms with E-state index in [4.69, 9.17) is 4.74 Å². The van der Waals surface area contributed by atoms with Gasteiger partial charge in [0.25, 0.3) is 0 Å². The van der Waals surface area contributed by atoms with E-state index in [0.29, 0.717) is 5.75 Å². The van der Waals surface area contributed by atoms with Gasteiger partial charge >= 0.3 is 0 Å². The Balaban J connectivity index is 2.00. The number of fused-ring (bicyclic) bond motifs is 2. The zero-order valence-electron chi connectivity index (χ0n) is 10.5. The quantitative estimate of drug-likeness (QED) is 0.648. The van der Waals surface area contributed by atoms with Gasteiger partial charge in [-0.3, -0.25) is 0 Å². The van der Waals surface area contributed by atoms with Crippen LogP contribution < -0.4 is 10.1 Å². The summed E-state index contributed by atoms with van der Waals surface area (Å²) in [6.07, 6.45) is 0. The monoisotopic (exact) mass is 333 g/mol. The fraction of sp³-hybridized carbons (Fsp3) is 0.200. The first-order valence-corrected chi connectivity index (χ1v) is 7.21. The highest BCUT2D eigenvalue weighted by atomic mass is 79.9. The number of rotatable bonds is 0. The smallest absolute Gasteiger partial charge is 0.201 e. The van der Waals surface area contributed by atoms with Gasteiger partial charge in [-0.2, -0.15) is 0 Å². The van der Waals surface area contributed by atoms with Crippen LogP contribution in [0.3, 0.4) is 0 Å². The number of phenolic OH excluding ortho intramolecular Hbond substituents is 2. The van der Waals surface area contributed by atoms with E-state index < -0.39 is 0 Å². The molecule has 0 radical (unpaired) electrons. The summed E-state index contributed by atoms with van der Waals surface area (Å²) in [7, 11) is 0. The van der Waals surface area contributed by atoms with Gasteiger partial charge in [0.1, 0.15) is 5.75 Å². The van der Waals surface area contributed by atoms with Crippen LogP contribution in [0.2, 0.25) is 0 Å². The van der Waals surface area contributed by atoms with Crippen molar-refractivity contribution in [2.45, 2.75) is 12.5 Å². The molecule has 2 heterocycles. The van der Waals surface area contributed by atoms with Gasteiger partial charge in [-0.25, -0.2) is 0 Å². The molecular formula is C15H12BrNO3. The minimum absolute atomic E-state index is 0.126. The molecule has 1 unspecified atom stereocenters. The van der Waals surface area contributed by atoms with Gasteiger partial charge in [0.2, 0.25) is 5.75 Å². The Morgan fingerprint density at radius 3 is 2.90 bits per heavy atom. The molecule has 0 fully saturated rings. The van der Waals surface area contributed by atoms with Crippen LogP contribution in [-0.2, 0) is 6.54 Å². The van der Waals surface area contributed by atoms with Crippen molar-refractivity contribution in [1.29, 1.82) is 0 Å². The van der Waals surface area contributed by atoms with Crippen LogP contribution in [0.25, 0.3) is 0 Å². The summed E-state index contributed by atoms with van der Waals surface area (Å²) in [6.45, 7) is 1.58. The molecule has 2 aliphatic rings. The summed E-state index contributed by atoms with van der Waals surface area (Å²) >= 11 is 3.58. The maximum Gasteiger partial charge on any atom is 0.201 e. The molecule has 0 amide bonds. The number of ether oxygens (including phenoxy) is 1. The van der Waals surface area contributed by atoms with E-state index in [9.17, 15) is 10.2 Å². The molecule has 4 nitrogen and oxygen atoms in total. The molecule has 1 atom stereocenters. The van der Waals surface area contributed by atoms with E-state index in [0.717, 1.165) is 34.4 Å². The third-order valence-electron chi connectivity index (χ3n) is 3.99. The van der Waals surface area contributed by atoms with Crippen molar-refractivity contribution >= 4 is 15.9 Å². The SMILES string of the molecule is Oc1ccc2c(c1O)Oc1ccc(Br)c3c1C2CNC3. The van der Waals surface area contributed by atoms with Crippen LogP contribution >= 0.6 is 15.9 Å². The molecule has 102 valence electrons. The molecule has 2 aliphatic heterocycles. The van der Waals surface area contributed by atoms with Crippen molar-refractivity contribution < 1.29 is 14.9 Å². The lowest BCUT2D eigenvalue weighted by molar-refractivity contribution is 0.357. The fourth-order valence-corrected chi connectivity index (χ4v) is 3.53. The summed E-state index contributed by atoms with van der Waals surface area (Å²) in [5.74, 6) is 0.889. The summed E-state index contributed by atoms with van der Waals surface area (Å²) in [5.41, 5.74) is 3.26. The molecule has 4 rings (SSSR count). The van der Waals surface area contributed by atoms with Gasteiger partial charge in [-0.15, -0.1) is 0 Å². The minimum atomic E-state index is -0.191. The van der Waals surface area contributed by atoms with E-state index in [1.54, 1.807) is 0 Å². The van der Waals surface area contributed by atoms with Crippen molar-refractivity contribution in [2.24, 2.45) is 0 Å². The van der Waals surface area contributed by atoms with Crippen molar-refractivity contribution in [1.82, 2.24) is 5.32 Å². The maximum atomic E-state index is 10.0. The average Bonchev–Trinajstić information content (AvgIpc) is 2.47. The number of nitrogens with one attached hydrogen (secondary N) is 1. The molecule has 0 aromatic heterocycles. The van der Waals surface area contributed by atoms with Crippen LogP contribution in [0.15, 0.2) is 28.7 Å². The molecule has 0 saturated carbocycles. The van der Waals surface area contributed by atoms with Gasteiger partial charge in [-0.05, 0) is 23.8 Å². The zero-order valence-corrected chi connectivity index (χ0v) is 12.1. The maximum absolute atomic E-state index is 10.0. The predicted octanol–water partition coefficient (Wildman–Crippen LogP) is 3.20. The van der Waals surface area contributed by atoms with Gasteiger partial charge in [0.15, 0.2) is 11.5 Å². The van der Waals surface area contributed by atoms with Crippen LogP contribution in [0, 0.1) is 0 Å². The van der Waals surface area contributed by atoms with E-state index >= 15 is 0 Å². The first-order chi connectivity index (χ1) is 9.66. The first kappa shape index (κ1) is 12.1. The lowest BCUT2D eigenvalue weighted by atomic mass is 9.82. The standard InChI is InChI=1S/C15H12BrNO3/c16-10-2-4-12-13-8(5-17-6-9(10)13)7-1-3-11(18)14(19)15(7)20-12/h1-4,8,17-19H,5-6H2. The third-order valence-corrected chi connectivity index (χ3v) is 4.73. The Labute approximate surface area is 124 Å². The van der Waals surface area contributed by atoms with Crippen LogP contribution in [0.1, 0.15) is 22.6 Å². The number of halogens is 1. The van der Waals surface area contributed by atoms with Crippen molar-refractivity contribution in [3.8, 4) is 23.0 Å². The van der Waals surface area contributed by atoms with Crippen molar-refractivity contribution in [2.75, 3.05) is 6.54 Å². The highest BCUT2D eigenvalue weighted by Crippen LogP contribution is 2.53. The molecule has 0 bridgehead atoms. The highest BCUT2D eigenvalue weighted by Gasteiger charge is 2.34. The molecule has 5 heteroatoms. The summed E-state index contributed by atoms with van der Waals surface area (Å²) < 4.78 is 6.89. The minimum Gasteiger partial charge on any atom is -0.504 e. The molecule has 0 saturated heterocycles. The summed E-state index contributed by atoms with van der Waals surface area (Å²) in [6, 6.07) is 7.17. The number of benzene rings is 2. The number of phenols is 2. The van der Waals surface area contributed by atoms with Gasteiger partial charge in [0.05, 0.1) is 0 Å². The van der Waals surface area contributed by atoms with Gasteiger partial charge < -0.3 is 20.3 Å². The lowest BCUT2D eigenvalue weighted by Gasteiger charge is -2.34. The third kappa shape index (κ3) is 1.50. The van der Waals surface area contributed by atoms with Gasteiger partial charge in [0, 0.05) is 34.6 Å². The normalized spacial score (nSPS) is 18.9. The van der Waals surface area contributed by atoms with Crippen LogP contribution in [0.5, 0.6) is 23.0 Å². The number of hydrogen-bond donors (Lipinski definition) is 3. The zero-order chi connectivity index (χ0) is 13.9. The first-order valence-electron chi connectivity index (χ1n) is 6.41. The predicted molar refractivity (Wildman–Crippen MR) is 77.5 cm³/mol. The lowest BCUT2D eigenvalue weighted by Crippen LogP contribution is -2.31. The Morgan fingerprint density at radius 2 is 2.05 bits per heavy atom. The summed E-state index contributed by atoms with van der Waals surface area (Å²) in [5, 5.41) is 23.1. The molecular weight excluding hydrogens is 322 g/mol. The second-order valence-electron chi connectivity index (χ2n) is 5.07. The second-order valence-corrected chi connectivity index (χ2v) is 5.93. The highest BCUT2D eigenvalue weighted by molar-refractivity contribution is 9.10. The topological polar surface area (TPSA) is 61.7 Å². The molecule has 3 N–H and O–H groups in total. The van der Waals surface area contributed by atoms with E-state index in [1.807, 2.05) is 18.2 Å². The molecule has 0 aliphatic carbocycles. The number of hydrogen-bond acceptors (Lipinski definition) is 4. The molecule has 0 spiro atoms. The summed E-state index contributed by atoms with van der Waals surface area (Å²) in [4.78, 5) is 0. The largest absolute Gasteiger partial charge is 0.504 e. The molecule has 2 aromatic rings. The van der Waals surface area contributed by atoms with Crippen LogP contribution in [0.4, 0.5) is 0 Å². The molecule has 2 aromatic carbocycles. The Hall–Kier alpha value is -1.72. The van der Waals surface area contributed by atoms with Crippen molar-refractivity contribution in [3.63, 3.8) is 0 Å². The van der Waals surface area contributed by atoms with E-state index in [1.165, 1.54) is 11.6 Å². The van der Waals surface area contributed by atoms with Crippen molar-refractivity contribution in [3.05, 3.63) is 45.4 Å². The van der Waals surface area contributed by atoms with Crippen LogP contribution in [-0.4, -0.2) is 16.8 Å². The van der Waals surface area contributed by atoms with E-state index in [-0.39, 0.29) is 17.4 Å². The fourth-order valence-electron chi connectivity index (χ4n) is 3.04. The van der Waals surface area contributed by atoms with Gasteiger partial charge in [-0.1, -0.05) is 22.0 Å². The Morgan fingerprint density at radius 1 is 1.20 bits per heavy atom. The van der Waals surface area contributed by atoms with E-state index in [2.05, 4.69) is 21.2 Å². The molecule has 20 heavy (non-hydrogen) atoms. The Bertz CT molecular complexity index is 730. The number of aromatic hydroxyl groups is 2.